The number of carbonyl (C=O) groups excluding carboxylic acids is 2. The van der Waals surface area contributed by atoms with Crippen molar-refractivity contribution >= 4 is 50.1 Å². The van der Waals surface area contributed by atoms with Crippen molar-refractivity contribution in [2.45, 2.75) is 51.5 Å². The number of aromatic nitrogens is 4. The molecule has 0 radical (unpaired) electrons. The van der Waals surface area contributed by atoms with Gasteiger partial charge in [0.15, 0.2) is 10.8 Å². The van der Waals surface area contributed by atoms with E-state index in [9.17, 15) is 9.59 Å². The first-order valence-electron chi connectivity index (χ1n) is 13.1. The highest BCUT2D eigenvalue weighted by atomic mass is 32.1. The van der Waals surface area contributed by atoms with Crippen molar-refractivity contribution < 1.29 is 18.8 Å². The van der Waals surface area contributed by atoms with Crippen LogP contribution in [0.15, 0.2) is 53.2 Å². The first-order valence-corrected chi connectivity index (χ1v) is 14.0. The summed E-state index contributed by atoms with van der Waals surface area (Å²) >= 11 is 1.46. The van der Waals surface area contributed by atoms with Crippen molar-refractivity contribution in [3.05, 3.63) is 54.4 Å². The van der Waals surface area contributed by atoms with Gasteiger partial charge in [-0.15, -0.1) is 0 Å². The maximum Gasteiger partial charge on any atom is 0.341 e. The summed E-state index contributed by atoms with van der Waals surface area (Å²) in [4.78, 5) is 35.1. The summed E-state index contributed by atoms with van der Waals surface area (Å²) in [5, 5.41) is 10.5. The molecule has 3 amide bonds. The Balaban J connectivity index is 1.13. The molecule has 0 bridgehead atoms. The minimum Gasteiger partial charge on any atom is -0.475 e. The second-order valence-electron chi connectivity index (χ2n) is 11.3. The lowest BCUT2D eigenvalue weighted by Gasteiger charge is -2.16. The van der Waals surface area contributed by atoms with Gasteiger partial charge in [-0.2, -0.15) is 0 Å². The number of rotatable bonds is 7. The van der Waals surface area contributed by atoms with E-state index in [1.807, 2.05) is 55.6 Å². The van der Waals surface area contributed by atoms with Gasteiger partial charge in [-0.25, -0.2) is 25.6 Å². The Morgan fingerprint density at radius 2 is 1.93 bits per heavy atom. The summed E-state index contributed by atoms with van der Waals surface area (Å²) in [5.74, 6) is 7.48. The van der Waals surface area contributed by atoms with E-state index in [1.54, 1.807) is 18.2 Å². The van der Waals surface area contributed by atoms with Gasteiger partial charge >= 0.3 is 6.03 Å². The van der Waals surface area contributed by atoms with Crippen LogP contribution in [-0.2, 0) is 10.2 Å². The van der Waals surface area contributed by atoms with Gasteiger partial charge in [0.2, 0.25) is 11.8 Å². The van der Waals surface area contributed by atoms with Crippen LogP contribution in [0.25, 0.3) is 26.6 Å². The zero-order valence-corrected chi connectivity index (χ0v) is 23.9. The minimum absolute atomic E-state index is 0.0528. The molecule has 0 saturated heterocycles. The first-order chi connectivity index (χ1) is 19.5. The Morgan fingerprint density at radius 1 is 1.17 bits per heavy atom. The first kappa shape index (κ1) is 26.7. The van der Waals surface area contributed by atoms with Gasteiger partial charge < -0.3 is 14.6 Å². The average molecular weight is 575 g/mol. The molecule has 0 spiro atoms. The molecule has 4 aromatic heterocycles. The van der Waals surface area contributed by atoms with Gasteiger partial charge in [-0.1, -0.05) is 49.4 Å². The van der Waals surface area contributed by atoms with Gasteiger partial charge in [0.1, 0.15) is 17.2 Å². The molecule has 41 heavy (non-hydrogen) atoms. The summed E-state index contributed by atoms with van der Waals surface area (Å²) in [7, 11) is 0. The van der Waals surface area contributed by atoms with Crippen LogP contribution in [0.4, 0.5) is 16.3 Å². The van der Waals surface area contributed by atoms with E-state index in [1.165, 1.54) is 18.3 Å². The molecule has 6 rings (SSSR count). The summed E-state index contributed by atoms with van der Waals surface area (Å²) in [6, 6.07) is 12.2. The molecule has 1 saturated carbocycles. The fourth-order valence-corrected chi connectivity index (χ4v) is 5.37. The van der Waals surface area contributed by atoms with Crippen molar-refractivity contribution in [1.29, 1.82) is 0 Å². The zero-order chi connectivity index (χ0) is 28.9. The average Bonchev–Trinajstić information content (AvgIpc) is 3.24. The monoisotopic (exact) mass is 574 g/mol. The van der Waals surface area contributed by atoms with Crippen LogP contribution < -0.4 is 26.2 Å². The van der Waals surface area contributed by atoms with Crippen LogP contribution in [0.2, 0.25) is 0 Å². The number of hydrogen-bond donors (Lipinski definition) is 3. The van der Waals surface area contributed by atoms with Crippen LogP contribution in [0.5, 0.6) is 5.88 Å². The second-order valence-corrected chi connectivity index (χ2v) is 12.2. The predicted octanol–water partition coefficient (Wildman–Crippen LogP) is 4.86. The zero-order valence-electron chi connectivity index (χ0n) is 23.1. The Hall–Kier alpha value is -4.49. The Labute approximate surface area is 239 Å². The smallest absolute Gasteiger partial charge is 0.341 e. The van der Waals surface area contributed by atoms with Crippen LogP contribution in [0.3, 0.4) is 0 Å². The van der Waals surface area contributed by atoms with Crippen molar-refractivity contribution in [2.75, 3.05) is 16.9 Å². The van der Waals surface area contributed by atoms with Gasteiger partial charge in [-0.05, 0) is 31.0 Å². The molecule has 0 aliphatic heterocycles. The van der Waals surface area contributed by atoms with E-state index >= 15 is 0 Å². The molecule has 13 heteroatoms. The van der Waals surface area contributed by atoms with Crippen molar-refractivity contribution in [3.63, 3.8) is 0 Å². The maximum absolute atomic E-state index is 12.7. The number of fused-ring (bicyclic) bond motifs is 3. The summed E-state index contributed by atoms with van der Waals surface area (Å²) in [5.41, 5.74) is 2.57. The number of thiazole rings is 1. The van der Waals surface area contributed by atoms with Crippen molar-refractivity contribution in [2.24, 2.45) is 5.84 Å². The number of hydrogen-bond acceptors (Lipinski definition) is 9. The molecular formula is C28H30N8O4S. The lowest BCUT2D eigenvalue weighted by atomic mass is 9.93. The van der Waals surface area contributed by atoms with E-state index in [4.69, 9.17) is 20.1 Å². The van der Waals surface area contributed by atoms with E-state index in [-0.39, 0.29) is 16.9 Å². The van der Waals surface area contributed by atoms with Gasteiger partial charge in [0, 0.05) is 36.2 Å². The van der Waals surface area contributed by atoms with E-state index < -0.39 is 6.03 Å². The van der Waals surface area contributed by atoms with Crippen LogP contribution in [0, 0.1) is 0 Å². The SMILES string of the molecule is CC(=O)NC1(COc2ccc3c(n2)sc2nc(-c4ccc(N(N)C(=O)Nc5cc(C(C)(C)C)on5)cc4)cn23)CC1. The number of imidazole rings is 1. The number of carbonyl (C=O) groups is 2. The largest absolute Gasteiger partial charge is 0.475 e. The lowest BCUT2D eigenvalue weighted by molar-refractivity contribution is -0.120. The number of ether oxygens (including phenoxy) is 1. The topological polar surface area (TPSA) is 153 Å². The number of anilines is 2. The van der Waals surface area contributed by atoms with E-state index in [0.717, 1.165) is 44.4 Å². The number of benzene rings is 1. The molecule has 4 heterocycles. The number of urea groups is 1. The number of nitrogens with two attached hydrogens (primary N) is 1. The summed E-state index contributed by atoms with van der Waals surface area (Å²) in [6.07, 6.45) is 3.76. The highest BCUT2D eigenvalue weighted by Crippen LogP contribution is 2.36. The third-order valence-electron chi connectivity index (χ3n) is 6.87. The van der Waals surface area contributed by atoms with Gasteiger partial charge in [-0.3, -0.25) is 14.5 Å². The Morgan fingerprint density at radius 3 is 2.59 bits per heavy atom. The maximum atomic E-state index is 12.7. The number of hydrazine groups is 1. The minimum atomic E-state index is -0.543. The number of nitrogens with zero attached hydrogens (tertiary/aromatic N) is 5. The third kappa shape index (κ3) is 5.45. The normalized spacial score (nSPS) is 14.3. The number of nitrogens with one attached hydrogen (secondary N) is 2. The molecule has 1 aromatic carbocycles. The highest BCUT2D eigenvalue weighted by molar-refractivity contribution is 7.23. The fourth-order valence-electron chi connectivity index (χ4n) is 4.40. The molecule has 5 aromatic rings. The molecule has 0 unspecified atom stereocenters. The Bertz CT molecular complexity index is 1760. The van der Waals surface area contributed by atoms with Gasteiger partial charge in [0.25, 0.3) is 0 Å². The van der Waals surface area contributed by atoms with Crippen LogP contribution in [0.1, 0.15) is 46.3 Å². The number of pyridine rings is 1. The van der Waals surface area contributed by atoms with Crippen LogP contribution in [-0.4, -0.2) is 43.6 Å². The second kappa shape index (κ2) is 9.85. The molecule has 0 atom stereocenters. The fraction of sp³-hybridized carbons (Fsp3) is 0.321. The van der Waals surface area contributed by atoms with E-state index in [0.29, 0.717) is 29.8 Å². The van der Waals surface area contributed by atoms with Crippen LogP contribution >= 0.6 is 11.3 Å². The standard InChI is InChI=1S/C28H30N8O4S/c1-16(37)33-28(11-12-28)15-39-23-10-9-20-24(32-23)41-26-30-19(14-35(20)26)17-5-7-18(8-6-17)36(29)25(38)31-22-13-21(40-34-22)27(2,3)4/h5-10,13-14H,11-12,15,29H2,1-4H3,(H,33,37)(H,31,34,38). The quantitative estimate of drug-likeness (QED) is 0.142. The third-order valence-corrected chi connectivity index (χ3v) is 7.84. The molecule has 12 nitrogen and oxygen atoms in total. The molecular weight excluding hydrogens is 544 g/mol. The Kier molecular flexibility index (Phi) is 6.42. The molecule has 1 aliphatic carbocycles. The predicted molar refractivity (Wildman–Crippen MR) is 156 cm³/mol. The van der Waals surface area contributed by atoms with Gasteiger partial charge in [0.05, 0.1) is 22.4 Å². The highest BCUT2D eigenvalue weighted by Gasteiger charge is 2.44. The summed E-state index contributed by atoms with van der Waals surface area (Å²) in [6.45, 7) is 7.89. The summed E-state index contributed by atoms with van der Waals surface area (Å²) < 4.78 is 13.2. The van der Waals surface area contributed by atoms with Crippen molar-refractivity contribution in [1.82, 2.24) is 24.8 Å². The molecule has 212 valence electrons. The molecule has 4 N–H and O–H groups in total. The van der Waals surface area contributed by atoms with E-state index in [2.05, 4.69) is 20.8 Å². The van der Waals surface area contributed by atoms with Crippen molar-refractivity contribution in [3.8, 4) is 17.1 Å². The number of amides is 3. The molecule has 1 aliphatic rings. The molecule has 1 fully saturated rings. The lowest BCUT2D eigenvalue weighted by Crippen LogP contribution is -2.40.